The normalized spacial score (nSPS) is 11.6. The Labute approximate surface area is 111 Å². The van der Waals surface area contributed by atoms with Crippen molar-refractivity contribution in [3.63, 3.8) is 0 Å². The number of aliphatic hydroxyl groups is 1. The number of hydrogen-bond donors (Lipinski definition) is 2. The van der Waals surface area contributed by atoms with Gasteiger partial charge in [-0.2, -0.15) is 0 Å². The molecule has 0 aliphatic heterocycles. The van der Waals surface area contributed by atoms with Crippen LogP contribution in [-0.2, 0) is 23.1 Å². The zero-order valence-electron chi connectivity index (χ0n) is 10.2. The van der Waals surface area contributed by atoms with Crippen molar-refractivity contribution in [1.82, 2.24) is 4.72 Å². The summed E-state index contributed by atoms with van der Waals surface area (Å²) in [5, 5.41) is 9.15. The van der Waals surface area contributed by atoms with Gasteiger partial charge in [-0.1, -0.05) is 18.2 Å². The Balaban J connectivity index is 2.05. The number of sulfonamides is 1. The Morgan fingerprint density at radius 3 is 2.63 bits per heavy atom. The largest absolute Gasteiger partial charge is 0.469 e. The van der Waals surface area contributed by atoms with E-state index in [4.69, 9.17) is 9.52 Å². The highest BCUT2D eigenvalue weighted by Gasteiger charge is 2.17. The maximum absolute atomic E-state index is 12.1. The first-order chi connectivity index (χ1) is 9.13. The van der Waals surface area contributed by atoms with E-state index < -0.39 is 10.0 Å². The van der Waals surface area contributed by atoms with E-state index in [9.17, 15) is 8.42 Å². The van der Waals surface area contributed by atoms with Crippen LogP contribution in [0.15, 0.2) is 52.0 Å². The standard InChI is InChI=1S/C13H15NO4S/c15-10-11-4-1-2-6-13(11)19(16,17)14-8-7-12-5-3-9-18-12/h1-6,9,14-15H,7-8,10H2. The molecule has 2 N–H and O–H groups in total. The van der Waals surface area contributed by atoms with E-state index in [0.717, 1.165) is 5.76 Å². The fraction of sp³-hybridized carbons (Fsp3) is 0.231. The summed E-state index contributed by atoms with van der Waals surface area (Å²) in [6, 6.07) is 9.91. The molecule has 5 nitrogen and oxygen atoms in total. The molecule has 0 spiro atoms. The minimum Gasteiger partial charge on any atom is -0.469 e. The molecule has 2 aromatic rings. The lowest BCUT2D eigenvalue weighted by atomic mass is 10.2. The summed E-state index contributed by atoms with van der Waals surface area (Å²) in [4.78, 5) is 0.108. The van der Waals surface area contributed by atoms with Crippen LogP contribution in [0.1, 0.15) is 11.3 Å². The summed E-state index contributed by atoms with van der Waals surface area (Å²) in [6.45, 7) is -0.0646. The third-order valence-electron chi connectivity index (χ3n) is 2.68. The Morgan fingerprint density at radius 1 is 1.16 bits per heavy atom. The molecule has 6 heteroatoms. The van der Waals surface area contributed by atoms with Gasteiger partial charge in [0.15, 0.2) is 0 Å². The van der Waals surface area contributed by atoms with Gasteiger partial charge in [-0.25, -0.2) is 13.1 Å². The number of benzene rings is 1. The summed E-state index contributed by atoms with van der Waals surface area (Å²) in [5.74, 6) is 0.721. The van der Waals surface area contributed by atoms with Crippen molar-refractivity contribution in [1.29, 1.82) is 0 Å². The molecule has 0 atom stereocenters. The summed E-state index contributed by atoms with van der Waals surface area (Å²) in [5.41, 5.74) is 0.382. The number of furan rings is 1. The molecule has 0 amide bonds. The third-order valence-corrected chi connectivity index (χ3v) is 4.24. The molecule has 0 aliphatic carbocycles. The van der Waals surface area contributed by atoms with Crippen LogP contribution in [0, 0.1) is 0 Å². The second-order valence-corrected chi connectivity index (χ2v) is 5.73. The van der Waals surface area contributed by atoms with Gasteiger partial charge in [0, 0.05) is 13.0 Å². The zero-order chi connectivity index (χ0) is 13.7. The molecular formula is C13H15NO4S. The lowest BCUT2D eigenvalue weighted by Crippen LogP contribution is -2.26. The first-order valence-corrected chi connectivity index (χ1v) is 7.32. The van der Waals surface area contributed by atoms with Crippen LogP contribution in [0.5, 0.6) is 0 Å². The molecule has 19 heavy (non-hydrogen) atoms. The highest BCUT2D eigenvalue weighted by atomic mass is 32.2. The molecule has 0 radical (unpaired) electrons. The molecule has 0 bridgehead atoms. The van der Waals surface area contributed by atoms with Crippen LogP contribution < -0.4 is 4.72 Å². The highest BCUT2D eigenvalue weighted by molar-refractivity contribution is 7.89. The molecule has 1 aromatic carbocycles. The van der Waals surface area contributed by atoms with Crippen LogP contribution in [0.25, 0.3) is 0 Å². The van der Waals surface area contributed by atoms with Gasteiger partial charge in [0.2, 0.25) is 10.0 Å². The SMILES string of the molecule is O=S(=O)(NCCc1ccco1)c1ccccc1CO. The van der Waals surface area contributed by atoms with Crippen LogP contribution >= 0.6 is 0 Å². The van der Waals surface area contributed by atoms with Crippen molar-refractivity contribution in [2.24, 2.45) is 0 Å². The van der Waals surface area contributed by atoms with E-state index in [1.807, 2.05) is 0 Å². The minimum absolute atomic E-state index is 0.108. The predicted molar refractivity (Wildman–Crippen MR) is 70.0 cm³/mol. The van der Waals surface area contributed by atoms with Crippen LogP contribution in [0.3, 0.4) is 0 Å². The van der Waals surface area contributed by atoms with Crippen LogP contribution in [0.2, 0.25) is 0 Å². The van der Waals surface area contributed by atoms with Crippen LogP contribution in [-0.4, -0.2) is 20.1 Å². The van der Waals surface area contributed by atoms with Gasteiger partial charge in [-0.15, -0.1) is 0 Å². The van der Waals surface area contributed by atoms with Gasteiger partial charge >= 0.3 is 0 Å². The molecular weight excluding hydrogens is 266 g/mol. The van der Waals surface area contributed by atoms with Gasteiger partial charge in [-0.3, -0.25) is 0 Å². The van der Waals surface area contributed by atoms with Crippen molar-refractivity contribution in [3.05, 3.63) is 54.0 Å². The first kappa shape index (κ1) is 13.8. The van der Waals surface area contributed by atoms with Gasteiger partial charge in [0.05, 0.1) is 17.8 Å². The van der Waals surface area contributed by atoms with E-state index in [2.05, 4.69) is 4.72 Å². The first-order valence-electron chi connectivity index (χ1n) is 5.84. The molecule has 1 heterocycles. The lowest BCUT2D eigenvalue weighted by molar-refractivity contribution is 0.278. The highest BCUT2D eigenvalue weighted by Crippen LogP contribution is 2.15. The molecule has 0 saturated heterocycles. The Hall–Kier alpha value is -1.63. The quantitative estimate of drug-likeness (QED) is 0.836. The van der Waals surface area contributed by atoms with Gasteiger partial charge in [-0.05, 0) is 23.8 Å². The van der Waals surface area contributed by atoms with Crippen molar-refractivity contribution in [3.8, 4) is 0 Å². The number of rotatable bonds is 6. The number of nitrogens with one attached hydrogen (secondary N) is 1. The van der Waals surface area contributed by atoms with Gasteiger partial charge < -0.3 is 9.52 Å². The predicted octanol–water partition coefficient (Wildman–Crippen LogP) is 1.29. The fourth-order valence-corrected chi connectivity index (χ4v) is 3.00. The van der Waals surface area contributed by atoms with E-state index in [1.54, 1.807) is 36.6 Å². The van der Waals surface area contributed by atoms with Crippen molar-refractivity contribution in [2.75, 3.05) is 6.54 Å². The summed E-state index contributed by atoms with van der Waals surface area (Å²) >= 11 is 0. The Morgan fingerprint density at radius 2 is 1.95 bits per heavy atom. The average Bonchev–Trinajstić information content (AvgIpc) is 2.91. The number of aliphatic hydroxyl groups excluding tert-OH is 1. The van der Waals surface area contributed by atoms with E-state index in [-0.39, 0.29) is 18.0 Å². The Kier molecular flexibility index (Phi) is 4.36. The second kappa shape index (κ2) is 6.01. The average molecular weight is 281 g/mol. The molecule has 0 unspecified atom stereocenters. The van der Waals surface area contributed by atoms with E-state index in [1.165, 1.54) is 6.07 Å². The van der Waals surface area contributed by atoms with Crippen molar-refractivity contribution >= 4 is 10.0 Å². The molecule has 1 aromatic heterocycles. The lowest BCUT2D eigenvalue weighted by Gasteiger charge is -2.09. The monoisotopic (exact) mass is 281 g/mol. The van der Waals surface area contributed by atoms with Crippen LogP contribution in [0.4, 0.5) is 0 Å². The minimum atomic E-state index is -3.61. The summed E-state index contributed by atoms with van der Waals surface area (Å²) in [7, 11) is -3.61. The molecule has 0 aliphatic rings. The van der Waals surface area contributed by atoms with E-state index in [0.29, 0.717) is 12.0 Å². The molecule has 0 saturated carbocycles. The molecule has 0 fully saturated rings. The summed E-state index contributed by atoms with van der Waals surface area (Å²) < 4.78 is 31.8. The molecule has 2 rings (SSSR count). The summed E-state index contributed by atoms with van der Waals surface area (Å²) in [6.07, 6.45) is 2.03. The zero-order valence-corrected chi connectivity index (χ0v) is 11.1. The topological polar surface area (TPSA) is 79.5 Å². The smallest absolute Gasteiger partial charge is 0.240 e. The number of hydrogen-bond acceptors (Lipinski definition) is 4. The van der Waals surface area contributed by atoms with Crippen molar-refractivity contribution in [2.45, 2.75) is 17.9 Å². The maximum Gasteiger partial charge on any atom is 0.240 e. The van der Waals surface area contributed by atoms with Gasteiger partial charge in [0.1, 0.15) is 5.76 Å². The van der Waals surface area contributed by atoms with Gasteiger partial charge in [0.25, 0.3) is 0 Å². The van der Waals surface area contributed by atoms with E-state index >= 15 is 0 Å². The third kappa shape index (κ3) is 3.44. The molecule has 102 valence electrons. The fourth-order valence-electron chi connectivity index (χ4n) is 1.74. The second-order valence-electron chi connectivity index (χ2n) is 3.99. The van der Waals surface area contributed by atoms with Crippen molar-refractivity contribution < 1.29 is 17.9 Å². The Bertz CT molecular complexity index is 620. The maximum atomic E-state index is 12.1.